The Morgan fingerprint density at radius 3 is 2.82 bits per heavy atom. The molecule has 3 aromatic rings. The lowest BCUT2D eigenvalue weighted by molar-refractivity contribution is -0.336. The summed E-state index contributed by atoms with van der Waals surface area (Å²) < 4.78 is 34.2. The fourth-order valence-electron chi connectivity index (χ4n) is 4.16. The molecular weight excluding hydrogens is 434 g/mol. The minimum absolute atomic E-state index is 0.117. The fourth-order valence-corrected chi connectivity index (χ4v) is 4.16. The maximum atomic E-state index is 11.9. The lowest BCUT2D eigenvalue weighted by Gasteiger charge is -2.47. The van der Waals surface area contributed by atoms with Gasteiger partial charge in [0, 0.05) is 24.4 Å². The highest BCUT2D eigenvalue weighted by atomic mass is 16.8. The first-order valence-electron chi connectivity index (χ1n) is 10.5. The zero-order valence-electron chi connectivity index (χ0n) is 17.9. The summed E-state index contributed by atoms with van der Waals surface area (Å²) in [6, 6.07) is 8.92. The third-order valence-electron chi connectivity index (χ3n) is 5.69. The molecule has 2 N–H and O–H groups in total. The van der Waals surface area contributed by atoms with Gasteiger partial charge in [0.15, 0.2) is 5.76 Å². The number of aryl methyl sites for hydroxylation is 1. The van der Waals surface area contributed by atoms with E-state index < -0.39 is 42.6 Å². The van der Waals surface area contributed by atoms with Gasteiger partial charge in [-0.3, -0.25) is 4.79 Å². The van der Waals surface area contributed by atoms with Crippen LogP contribution >= 0.6 is 0 Å². The molecule has 2 aliphatic rings. The van der Waals surface area contributed by atoms with Gasteiger partial charge in [-0.05, 0) is 36.8 Å². The molecule has 2 aliphatic heterocycles. The maximum absolute atomic E-state index is 11.9. The molecule has 174 valence electrons. The molecule has 0 bridgehead atoms. The summed E-state index contributed by atoms with van der Waals surface area (Å²) in [6.07, 6.45) is -2.95. The molecule has 2 aromatic heterocycles. The summed E-state index contributed by atoms with van der Waals surface area (Å²) >= 11 is 0. The van der Waals surface area contributed by atoms with E-state index in [9.17, 15) is 14.7 Å². The van der Waals surface area contributed by atoms with Crippen molar-refractivity contribution in [1.29, 1.82) is 0 Å². The largest absolute Gasteiger partial charge is 0.464 e. The van der Waals surface area contributed by atoms with E-state index in [0.29, 0.717) is 17.1 Å². The van der Waals surface area contributed by atoms with Crippen molar-refractivity contribution in [2.75, 3.05) is 6.61 Å². The van der Waals surface area contributed by atoms with E-state index in [0.717, 1.165) is 10.9 Å². The molecule has 1 amide bonds. The second-order valence-electron chi connectivity index (χ2n) is 8.07. The first-order valence-corrected chi connectivity index (χ1v) is 10.5. The van der Waals surface area contributed by atoms with E-state index in [-0.39, 0.29) is 12.5 Å². The number of carbonyl (C=O) groups excluding carboxylic acids is 1. The van der Waals surface area contributed by atoms with Gasteiger partial charge in [0.2, 0.25) is 18.5 Å². The predicted molar refractivity (Wildman–Crippen MR) is 112 cm³/mol. The molecule has 2 saturated heterocycles. The maximum Gasteiger partial charge on any atom is 0.336 e. The van der Waals surface area contributed by atoms with Crippen LogP contribution in [0.1, 0.15) is 24.5 Å². The summed E-state index contributed by atoms with van der Waals surface area (Å²) in [5.41, 5.74) is 0.662. The van der Waals surface area contributed by atoms with Crippen molar-refractivity contribution in [3.8, 4) is 5.75 Å². The van der Waals surface area contributed by atoms with Crippen LogP contribution in [0, 0.1) is 6.92 Å². The minimum atomic E-state index is -1.15. The van der Waals surface area contributed by atoms with Crippen molar-refractivity contribution < 1.29 is 37.7 Å². The summed E-state index contributed by atoms with van der Waals surface area (Å²) in [5, 5.41) is 14.5. The van der Waals surface area contributed by atoms with Gasteiger partial charge in [-0.1, -0.05) is 0 Å². The molecule has 0 spiro atoms. The van der Waals surface area contributed by atoms with Crippen molar-refractivity contribution in [3.05, 3.63) is 64.4 Å². The highest BCUT2D eigenvalue weighted by molar-refractivity contribution is 5.81. The molecule has 10 nitrogen and oxygen atoms in total. The Labute approximate surface area is 188 Å². The van der Waals surface area contributed by atoms with Crippen LogP contribution in [0.5, 0.6) is 5.75 Å². The van der Waals surface area contributed by atoms with Gasteiger partial charge in [-0.15, -0.1) is 0 Å². The zero-order valence-corrected chi connectivity index (χ0v) is 17.9. The van der Waals surface area contributed by atoms with Crippen molar-refractivity contribution in [3.63, 3.8) is 0 Å². The van der Waals surface area contributed by atoms with Crippen molar-refractivity contribution in [1.82, 2.24) is 5.32 Å². The van der Waals surface area contributed by atoms with E-state index in [1.807, 2.05) is 6.92 Å². The van der Waals surface area contributed by atoms with Gasteiger partial charge in [0.1, 0.15) is 35.7 Å². The molecule has 0 saturated carbocycles. The van der Waals surface area contributed by atoms with Crippen LogP contribution in [0.2, 0.25) is 0 Å². The topological polar surface area (TPSA) is 130 Å². The quantitative estimate of drug-likeness (QED) is 0.563. The average Bonchev–Trinajstić information content (AvgIpc) is 3.31. The molecule has 10 heteroatoms. The zero-order chi connectivity index (χ0) is 23.1. The Hall–Kier alpha value is -3.18. The molecule has 33 heavy (non-hydrogen) atoms. The summed E-state index contributed by atoms with van der Waals surface area (Å²) in [6.45, 7) is 3.26. The Kier molecular flexibility index (Phi) is 5.67. The predicted octanol–water partition coefficient (Wildman–Crippen LogP) is 1.78. The van der Waals surface area contributed by atoms with Crippen LogP contribution < -0.4 is 15.7 Å². The summed E-state index contributed by atoms with van der Waals surface area (Å²) in [5.74, 6) is 0.431. The lowest BCUT2D eigenvalue weighted by Crippen LogP contribution is -2.67. The molecule has 5 rings (SSSR count). The van der Waals surface area contributed by atoms with E-state index in [2.05, 4.69) is 5.32 Å². The molecule has 6 unspecified atom stereocenters. The number of amides is 1. The van der Waals surface area contributed by atoms with Crippen LogP contribution in [0.25, 0.3) is 11.0 Å². The summed E-state index contributed by atoms with van der Waals surface area (Å²) in [4.78, 5) is 23.6. The highest BCUT2D eigenvalue weighted by Crippen LogP contribution is 2.35. The second-order valence-corrected chi connectivity index (χ2v) is 8.07. The second kappa shape index (κ2) is 8.64. The Balaban J connectivity index is 1.40. The molecule has 1 aromatic carbocycles. The number of rotatable bonds is 4. The first kappa shape index (κ1) is 21.7. The number of carbonyl (C=O) groups is 1. The van der Waals surface area contributed by atoms with E-state index in [1.54, 1.807) is 30.3 Å². The molecule has 4 heterocycles. The highest BCUT2D eigenvalue weighted by Gasteiger charge is 2.51. The van der Waals surface area contributed by atoms with Crippen LogP contribution in [0.15, 0.2) is 56.3 Å². The number of furan rings is 1. The van der Waals surface area contributed by atoms with Gasteiger partial charge in [0.25, 0.3) is 0 Å². The first-order chi connectivity index (χ1) is 15.9. The van der Waals surface area contributed by atoms with Gasteiger partial charge in [-0.2, -0.15) is 0 Å². The standard InChI is InChI=1S/C23H23NO9/c1-11-8-18(26)31-16-9-13(5-6-14(11)16)30-23-19(24-12(2)25)20(27)21-17(32-23)10-29-22(33-21)15-4-3-7-28-15/h3-9,17,19-23,27H,10H2,1-2H3,(H,24,25). The van der Waals surface area contributed by atoms with Crippen molar-refractivity contribution in [2.45, 2.75) is 50.8 Å². The number of nitrogens with one attached hydrogen (secondary N) is 1. The van der Waals surface area contributed by atoms with Gasteiger partial charge < -0.3 is 38.2 Å². The third kappa shape index (κ3) is 4.25. The van der Waals surface area contributed by atoms with E-state index in [1.165, 1.54) is 19.3 Å². The Bertz CT molecular complexity index is 1200. The number of benzene rings is 1. The Morgan fingerprint density at radius 1 is 1.21 bits per heavy atom. The number of aliphatic hydroxyl groups excluding tert-OH is 1. The minimum Gasteiger partial charge on any atom is -0.464 e. The number of ether oxygens (including phenoxy) is 4. The lowest BCUT2D eigenvalue weighted by atomic mass is 9.96. The molecule has 2 fully saturated rings. The van der Waals surface area contributed by atoms with Crippen LogP contribution in [-0.2, 0) is 19.0 Å². The summed E-state index contributed by atoms with van der Waals surface area (Å²) in [7, 11) is 0. The monoisotopic (exact) mass is 457 g/mol. The van der Waals surface area contributed by atoms with E-state index >= 15 is 0 Å². The Morgan fingerprint density at radius 2 is 2.06 bits per heavy atom. The van der Waals surface area contributed by atoms with Gasteiger partial charge in [-0.25, -0.2) is 4.79 Å². The normalized spacial score (nSPS) is 29.4. The molecule has 0 radical (unpaired) electrons. The fraction of sp³-hybridized carbons (Fsp3) is 0.391. The van der Waals surface area contributed by atoms with Crippen LogP contribution in [-0.4, -0.2) is 48.3 Å². The number of hydrogen-bond donors (Lipinski definition) is 2. The van der Waals surface area contributed by atoms with Crippen LogP contribution in [0.4, 0.5) is 0 Å². The van der Waals surface area contributed by atoms with E-state index in [4.69, 9.17) is 27.8 Å². The van der Waals surface area contributed by atoms with Gasteiger partial charge >= 0.3 is 5.63 Å². The molecule has 6 atom stereocenters. The molecular formula is C23H23NO9. The number of hydrogen-bond acceptors (Lipinski definition) is 9. The third-order valence-corrected chi connectivity index (χ3v) is 5.69. The molecule has 0 aliphatic carbocycles. The van der Waals surface area contributed by atoms with Crippen LogP contribution in [0.3, 0.4) is 0 Å². The van der Waals surface area contributed by atoms with Gasteiger partial charge in [0.05, 0.1) is 12.9 Å². The number of fused-ring (bicyclic) bond motifs is 2. The number of aliphatic hydroxyl groups is 1. The SMILES string of the molecule is CC(=O)NC1C(Oc2ccc3c(C)cc(=O)oc3c2)OC2COC(c3ccco3)OC2C1O. The van der Waals surface area contributed by atoms with Crippen molar-refractivity contribution >= 4 is 16.9 Å². The average molecular weight is 457 g/mol. The van der Waals surface area contributed by atoms with Crippen molar-refractivity contribution in [2.24, 2.45) is 0 Å². The smallest absolute Gasteiger partial charge is 0.336 e.